The molecule has 0 amide bonds. The minimum absolute atomic E-state index is 1.05. The Kier molecular flexibility index (Phi) is 2.21. The number of allylic oxidation sites excluding steroid dienone is 1. The summed E-state index contributed by atoms with van der Waals surface area (Å²) in [4.78, 5) is 0. The van der Waals surface area contributed by atoms with Gasteiger partial charge in [0.15, 0.2) is 0 Å². The van der Waals surface area contributed by atoms with Gasteiger partial charge in [-0.05, 0) is 6.42 Å². The van der Waals surface area contributed by atoms with Gasteiger partial charge in [-0.25, -0.2) is 0 Å². The first-order chi connectivity index (χ1) is 2.91. The number of unbranched alkanes of at least 4 members (excludes halogenated alkanes) is 1. The van der Waals surface area contributed by atoms with Gasteiger partial charge in [-0.1, -0.05) is 19.4 Å². The Morgan fingerprint density at radius 2 is 3.00 bits per heavy atom. The Morgan fingerprint density at radius 3 is 3.20 bits per heavy atom. The second-order valence-electron chi connectivity index (χ2n) is 1.02. The minimum Gasteiger partial charge on any atom is -0.103 e. The van der Waals surface area contributed by atoms with Gasteiger partial charge in [0.1, 0.15) is 0 Å². The first kappa shape index (κ1) is 2.95. The van der Waals surface area contributed by atoms with Crippen molar-refractivity contribution in [2.75, 3.05) is 0 Å². The minimum atomic E-state index is 1.05. The maximum absolute atomic E-state index is 6.53. The summed E-state index contributed by atoms with van der Waals surface area (Å²) in [6.45, 7) is 3.43. The normalized spacial score (nSPS) is 12.6. The molecule has 0 atom stereocenters. The first-order valence-electron chi connectivity index (χ1n) is 2.53. The maximum Gasteiger partial charge on any atom is 0.0534 e. The third-order valence-electron chi connectivity index (χ3n) is 0.455. The molecular weight excluding hydrogens is 60.1 g/mol. The van der Waals surface area contributed by atoms with E-state index in [9.17, 15) is 0 Å². The molecule has 0 heterocycles. The fraction of sp³-hybridized carbons (Fsp3) is 0.600. The van der Waals surface area contributed by atoms with E-state index in [1.165, 1.54) is 6.55 Å². The average molecular weight is 71.1 g/mol. The molecule has 5 heavy (non-hydrogen) atoms. The summed E-state index contributed by atoms with van der Waals surface area (Å²) >= 11 is 0. The molecule has 0 N–H and O–H groups in total. The van der Waals surface area contributed by atoms with E-state index in [4.69, 9.17) is 1.37 Å². The van der Waals surface area contributed by atoms with Crippen LogP contribution in [-0.2, 0) is 0 Å². The molecule has 0 aliphatic heterocycles. The van der Waals surface area contributed by atoms with E-state index < -0.39 is 0 Å². The van der Waals surface area contributed by atoms with Crippen molar-refractivity contribution in [1.29, 1.82) is 0 Å². The van der Waals surface area contributed by atoms with Crippen LogP contribution in [0.1, 0.15) is 21.1 Å². The predicted octanol–water partition coefficient (Wildman–Crippen LogP) is 1.97. The van der Waals surface area contributed by atoms with Crippen LogP contribution < -0.4 is 0 Å². The fourth-order valence-corrected chi connectivity index (χ4v) is 0.167. The van der Waals surface area contributed by atoms with Gasteiger partial charge < -0.3 is 0 Å². The first-order valence-corrected chi connectivity index (χ1v) is 1.95. The van der Waals surface area contributed by atoms with Crippen molar-refractivity contribution < 1.29 is 1.37 Å². The highest BCUT2D eigenvalue weighted by atomic mass is 13.7. The summed E-state index contributed by atoms with van der Waals surface area (Å²) in [5.74, 6) is 0. The largest absolute Gasteiger partial charge is 0.103 e. The van der Waals surface area contributed by atoms with E-state index in [0.717, 1.165) is 12.8 Å². The average Bonchev–Trinajstić information content (AvgIpc) is 1.61. The van der Waals surface area contributed by atoms with Gasteiger partial charge in [0.05, 0.1) is 1.37 Å². The van der Waals surface area contributed by atoms with Crippen molar-refractivity contribution in [2.24, 2.45) is 0 Å². The summed E-state index contributed by atoms with van der Waals surface area (Å²) in [5, 5.41) is 0. The Hall–Kier alpha value is -0.260. The van der Waals surface area contributed by atoms with Crippen LogP contribution in [0.5, 0.6) is 0 Å². The number of rotatable bonds is 2. The second kappa shape index (κ2) is 3.74. The van der Waals surface area contributed by atoms with Crippen molar-refractivity contribution in [3.05, 3.63) is 12.6 Å². The summed E-state index contributed by atoms with van der Waals surface area (Å²) in [6, 6.07) is 0. The van der Waals surface area contributed by atoms with Crippen LogP contribution in [0.2, 0.25) is 0 Å². The molecule has 0 unspecified atom stereocenters. The lowest BCUT2D eigenvalue weighted by Crippen LogP contribution is -1.52. The predicted molar refractivity (Wildman–Crippen MR) is 25.1 cm³/mol. The van der Waals surface area contributed by atoms with Crippen LogP contribution in [-0.4, -0.2) is 0 Å². The molecule has 0 heteroatoms. The fourth-order valence-electron chi connectivity index (χ4n) is 0.167. The lowest BCUT2D eigenvalue weighted by molar-refractivity contribution is 0.961. The van der Waals surface area contributed by atoms with E-state index in [2.05, 4.69) is 6.92 Å². The van der Waals surface area contributed by atoms with E-state index in [0.29, 0.717) is 0 Å². The zero-order chi connectivity index (χ0) is 4.83. The van der Waals surface area contributed by atoms with Crippen LogP contribution >= 0.6 is 0 Å². The van der Waals surface area contributed by atoms with Crippen molar-refractivity contribution >= 4 is 0 Å². The van der Waals surface area contributed by atoms with Crippen molar-refractivity contribution in [1.82, 2.24) is 0 Å². The van der Waals surface area contributed by atoms with E-state index in [-0.39, 0.29) is 0 Å². The lowest BCUT2D eigenvalue weighted by Gasteiger charge is -1.72. The molecule has 0 fully saturated rings. The highest BCUT2D eigenvalue weighted by Gasteiger charge is 1.61. The number of hydrogen-bond donors (Lipinski definition) is 0. The molecule has 0 aliphatic rings. The summed E-state index contributed by atoms with van der Waals surface area (Å²) in [7, 11) is 0. The highest BCUT2D eigenvalue weighted by molar-refractivity contribution is 4.63. The molecule has 0 rings (SSSR count). The molecular formula is C5H10. The second-order valence-corrected chi connectivity index (χ2v) is 1.02. The van der Waals surface area contributed by atoms with Crippen LogP contribution in [0.3, 0.4) is 0 Å². The maximum atomic E-state index is 6.53. The Labute approximate surface area is 34.9 Å². The molecule has 0 aromatic rings. The molecule has 0 aromatic heterocycles. The lowest BCUT2D eigenvalue weighted by atomic mass is 10.3. The van der Waals surface area contributed by atoms with E-state index in [1.54, 1.807) is 0 Å². The van der Waals surface area contributed by atoms with Gasteiger partial charge in [-0.15, -0.1) is 6.55 Å². The highest BCUT2D eigenvalue weighted by Crippen LogP contribution is 1.82. The topological polar surface area (TPSA) is 0 Å². The molecule has 0 saturated heterocycles. The van der Waals surface area contributed by atoms with Crippen molar-refractivity contribution in [2.45, 2.75) is 19.8 Å². The van der Waals surface area contributed by atoms with E-state index in [1.807, 2.05) is 6.08 Å². The van der Waals surface area contributed by atoms with Gasteiger partial charge in [0.25, 0.3) is 0 Å². The van der Waals surface area contributed by atoms with Crippen LogP contribution in [0.25, 0.3) is 0 Å². The molecule has 0 aliphatic carbocycles. The smallest absolute Gasteiger partial charge is 0.0534 e. The Morgan fingerprint density at radius 1 is 2.20 bits per heavy atom. The van der Waals surface area contributed by atoms with Gasteiger partial charge >= 0.3 is 0 Å². The molecule has 0 saturated carbocycles. The van der Waals surface area contributed by atoms with Crippen molar-refractivity contribution in [3.63, 3.8) is 0 Å². The van der Waals surface area contributed by atoms with Gasteiger partial charge in [0.2, 0.25) is 0 Å². The molecule has 0 spiro atoms. The Bertz CT molecular complexity index is 39.2. The third kappa shape index (κ3) is 3.74. The number of hydrogen-bond acceptors (Lipinski definition) is 0. The standard InChI is InChI=1S/C5H10/c1-3-5-4-2/h3H,1,4-5H2,2H3/i1D. The molecule has 30 valence electrons. The molecule has 0 radical (unpaired) electrons. The summed E-state index contributed by atoms with van der Waals surface area (Å²) < 4.78 is 6.53. The Balaban J connectivity index is 2.66. The zero-order valence-electron chi connectivity index (χ0n) is 4.57. The third-order valence-corrected chi connectivity index (χ3v) is 0.455. The van der Waals surface area contributed by atoms with E-state index >= 15 is 0 Å². The zero-order valence-corrected chi connectivity index (χ0v) is 3.57. The summed E-state index contributed by atoms with van der Waals surface area (Å²) in [5.41, 5.74) is 0. The SMILES string of the molecule is [2H]C=CCCC. The van der Waals surface area contributed by atoms with Gasteiger partial charge in [0, 0.05) is 0 Å². The van der Waals surface area contributed by atoms with Crippen molar-refractivity contribution in [3.8, 4) is 0 Å². The van der Waals surface area contributed by atoms with Gasteiger partial charge in [-0.2, -0.15) is 0 Å². The van der Waals surface area contributed by atoms with Crippen LogP contribution in [0.4, 0.5) is 0 Å². The quantitative estimate of drug-likeness (QED) is 0.436. The monoisotopic (exact) mass is 71.1 g/mol. The summed E-state index contributed by atoms with van der Waals surface area (Å²) in [6.07, 6.45) is 4.04. The molecule has 0 bridgehead atoms. The molecule has 0 nitrogen and oxygen atoms in total. The molecule has 0 aromatic carbocycles. The van der Waals surface area contributed by atoms with Crippen LogP contribution in [0, 0.1) is 0 Å². The van der Waals surface area contributed by atoms with Crippen LogP contribution in [0.15, 0.2) is 12.6 Å². The van der Waals surface area contributed by atoms with Gasteiger partial charge in [-0.3, -0.25) is 0 Å².